The predicted molar refractivity (Wildman–Crippen MR) is 123 cm³/mol. The van der Waals surface area contributed by atoms with Gasteiger partial charge in [0.25, 0.3) is 0 Å². The molecule has 2 nitrogen and oxygen atoms in total. The minimum absolute atomic E-state index is 0.163. The number of hydrogen-bond donors (Lipinski definition) is 0. The standard InChI is InChI=1S/C27H42O2/c1-8-11-21(22(10-3)25(28)12-9-2)14-20-15-24-23(17(4)5)13-18(6)19(7)27(24)26(29)16-20/h13,17,20-22H,8-12,14-16H2,1-7H3. The molecule has 2 heteroatoms. The van der Waals surface area contributed by atoms with E-state index in [1.54, 1.807) is 0 Å². The molecule has 0 radical (unpaired) electrons. The van der Waals surface area contributed by atoms with Crippen LogP contribution < -0.4 is 0 Å². The quantitative estimate of drug-likeness (QED) is 0.412. The molecule has 0 heterocycles. The number of Topliss-reactive ketones (excluding diaryl/α,β-unsaturated/α-hetero) is 2. The Bertz CT molecular complexity index is 729. The van der Waals surface area contributed by atoms with Crippen molar-refractivity contribution >= 4 is 11.6 Å². The van der Waals surface area contributed by atoms with E-state index in [1.165, 1.54) is 22.3 Å². The summed E-state index contributed by atoms with van der Waals surface area (Å²) in [5.74, 6) is 2.13. The highest BCUT2D eigenvalue weighted by Crippen LogP contribution is 2.39. The average Bonchev–Trinajstić information content (AvgIpc) is 2.65. The van der Waals surface area contributed by atoms with Crippen LogP contribution in [0.5, 0.6) is 0 Å². The van der Waals surface area contributed by atoms with Crippen molar-refractivity contribution in [2.24, 2.45) is 17.8 Å². The molecule has 0 aliphatic heterocycles. The number of fused-ring (bicyclic) bond motifs is 1. The third kappa shape index (κ3) is 5.38. The summed E-state index contributed by atoms with van der Waals surface area (Å²) in [5.41, 5.74) is 6.06. The molecule has 0 saturated heterocycles. The summed E-state index contributed by atoms with van der Waals surface area (Å²) in [5, 5.41) is 0. The van der Waals surface area contributed by atoms with E-state index >= 15 is 0 Å². The number of rotatable bonds is 10. The van der Waals surface area contributed by atoms with E-state index in [-0.39, 0.29) is 5.92 Å². The molecular weight excluding hydrogens is 356 g/mol. The van der Waals surface area contributed by atoms with E-state index in [0.29, 0.717) is 42.2 Å². The van der Waals surface area contributed by atoms with E-state index in [4.69, 9.17) is 0 Å². The van der Waals surface area contributed by atoms with Crippen LogP contribution in [0.4, 0.5) is 0 Å². The van der Waals surface area contributed by atoms with Gasteiger partial charge in [-0.2, -0.15) is 0 Å². The number of carbonyl (C=O) groups excluding carboxylic acids is 2. The van der Waals surface area contributed by atoms with Gasteiger partial charge in [-0.3, -0.25) is 9.59 Å². The van der Waals surface area contributed by atoms with Gasteiger partial charge in [-0.1, -0.05) is 53.5 Å². The second-order valence-corrected chi connectivity index (χ2v) is 9.63. The Balaban J connectivity index is 2.33. The summed E-state index contributed by atoms with van der Waals surface area (Å²) >= 11 is 0. The van der Waals surface area contributed by atoms with Crippen LogP contribution in [0, 0.1) is 31.6 Å². The van der Waals surface area contributed by atoms with Crippen molar-refractivity contribution in [3.05, 3.63) is 33.9 Å². The van der Waals surface area contributed by atoms with Gasteiger partial charge >= 0.3 is 0 Å². The van der Waals surface area contributed by atoms with Crippen LogP contribution in [0.3, 0.4) is 0 Å². The zero-order valence-corrected chi connectivity index (χ0v) is 19.9. The Morgan fingerprint density at radius 1 is 1.10 bits per heavy atom. The van der Waals surface area contributed by atoms with Crippen LogP contribution >= 0.6 is 0 Å². The fourth-order valence-corrected chi connectivity index (χ4v) is 5.54. The molecule has 3 unspecified atom stereocenters. The average molecular weight is 399 g/mol. The lowest BCUT2D eigenvalue weighted by Gasteiger charge is -2.33. The molecule has 0 amide bonds. The third-order valence-electron chi connectivity index (χ3n) is 7.07. The molecule has 0 N–H and O–H groups in total. The molecule has 29 heavy (non-hydrogen) atoms. The summed E-state index contributed by atoms with van der Waals surface area (Å²) in [6.07, 6.45) is 7.40. The number of aryl methyl sites for hydroxylation is 1. The first-order valence-corrected chi connectivity index (χ1v) is 11.9. The van der Waals surface area contributed by atoms with Gasteiger partial charge in [0.05, 0.1) is 0 Å². The second-order valence-electron chi connectivity index (χ2n) is 9.63. The summed E-state index contributed by atoms with van der Waals surface area (Å²) in [7, 11) is 0. The lowest BCUT2D eigenvalue weighted by atomic mass is 9.70. The van der Waals surface area contributed by atoms with Crippen molar-refractivity contribution in [3.8, 4) is 0 Å². The summed E-state index contributed by atoms with van der Waals surface area (Å²) in [6, 6.07) is 2.30. The molecule has 0 saturated carbocycles. The Kier molecular flexibility index (Phi) is 8.67. The number of hydrogen-bond acceptors (Lipinski definition) is 2. The molecule has 1 aromatic rings. The van der Waals surface area contributed by atoms with Gasteiger partial charge in [0.1, 0.15) is 5.78 Å². The van der Waals surface area contributed by atoms with Crippen molar-refractivity contribution in [2.45, 2.75) is 106 Å². The molecule has 162 valence electrons. The third-order valence-corrected chi connectivity index (χ3v) is 7.07. The number of benzene rings is 1. The van der Waals surface area contributed by atoms with Gasteiger partial charge in [-0.05, 0) is 79.5 Å². The van der Waals surface area contributed by atoms with Crippen LogP contribution in [0.2, 0.25) is 0 Å². The zero-order chi connectivity index (χ0) is 21.7. The predicted octanol–water partition coefficient (Wildman–Crippen LogP) is 7.37. The summed E-state index contributed by atoms with van der Waals surface area (Å²) in [4.78, 5) is 25.9. The van der Waals surface area contributed by atoms with Crippen LogP contribution in [0.15, 0.2) is 6.07 Å². The molecule has 0 bridgehead atoms. The van der Waals surface area contributed by atoms with E-state index in [1.807, 2.05) is 0 Å². The Hall–Kier alpha value is -1.44. The molecule has 3 atom stereocenters. The number of carbonyl (C=O) groups is 2. The smallest absolute Gasteiger partial charge is 0.163 e. The molecule has 0 fully saturated rings. The van der Waals surface area contributed by atoms with Crippen molar-refractivity contribution in [2.75, 3.05) is 0 Å². The zero-order valence-electron chi connectivity index (χ0n) is 19.9. The molecule has 1 aliphatic rings. The Morgan fingerprint density at radius 3 is 2.34 bits per heavy atom. The molecule has 2 rings (SSSR count). The van der Waals surface area contributed by atoms with Gasteiger partial charge in [0, 0.05) is 24.3 Å². The maximum Gasteiger partial charge on any atom is 0.163 e. The Morgan fingerprint density at radius 2 is 1.79 bits per heavy atom. The fourth-order valence-electron chi connectivity index (χ4n) is 5.54. The van der Waals surface area contributed by atoms with E-state index < -0.39 is 0 Å². The van der Waals surface area contributed by atoms with Crippen molar-refractivity contribution < 1.29 is 9.59 Å². The first kappa shape index (κ1) is 23.8. The van der Waals surface area contributed by atoms with Gasteiger partial charge in [0.15, 0.2) is 5.78 Å². The van der Waals surface area contributed by atoms with Gasteiger partial charge in [-0.25, -0.2) is 0 Å². The van der Waals surface area contributed by atoms with Crippen molar-refractivity contribution in [1.82, 2.24) is 0 Å². The van der Waals surface area contributed by atoms with E-state index in [2.05, 4.69) is 54.5 Å². The number of ketones is 2. The summed E-state index contributed by atoms with van der Waals surface area (Å²) in [6.45, 7) is 15.2. The maximum atomic E-state index is 13.2. The lowest BCUT2D eigenvalue weighted by molar-refractivity contribution is -0.125. The minimum Gasteiger partial charge on any atom is -0.299 e. The summed E-state index contributed by atoms with van der Waals surface area (Å²) < 4.78 is 0. The highest BCUT2D eigenvalue weighted by molar-refractivity contribution is 6.00. The maximum absolute atomic E-state index is 13.2. The van der Waals surface area contributed by atoms with Crippen LogP contribution in [-0.4, -0.2) is 11.6 Å². The normalized spacial score (nSPS) is 18.6. The molecule has 1 aromatic carbocycles. The monoisotopic (exact) mass is 398 g/mol. The first-order chi connectivity index (χ1) is 13.7. The second kappa shape index (κ2) is 10.5. The molecule has 1 aliphatic carbocycles. The largest absolute Gasteiger partial charge is 0.299 e. The fraction of sp³-hybridized carbons (Fsp3) is 0.704. The topological polar surface area (TPSA) is 34.1 Å². The van der Waals surface area contributed by atoms with E-state index in [9.17, 15) is 9.59 Å². The first-order valence-electron chi connectivity index (χ1n) is 11.9. The highest BCUT2D eigenvalue weighted by atomic mass is 16.1. The molecule has 0 spiro atoms. The van der Waals surface area contributed by atoms with Crippen molar-refractivity contribution in [1.29, 1.82) is 0 Å². The van der Waals surface area contributed by atoms with Gasteiger partial charge < -0.3 is 0 Å². The Labute approximate surface area is 178 Å². The van der Waals surface area contributed by atoms with E-state index in [0.717, 1.165) is 44.1 Å². The van der Waals surface area contributed by atoms with Crippen molar-refractivity contribution in [3.63, 3.8) is 0 Å². The van der Waals surface area contributed by atoms with Crippen LogP contribution in [0.1, 0.15) is 118 Å². The lowest BCUT2D eigenvalue weighted by Crippen LogP contribution is -2.29. The van der Waals surface area contributed by atoms with Crippen LogP contribution in [0.25, 0.3) is 0 Å². The van der Waals surface area contributed by atoms with Gasteiger partial charge in [0.2, 0.25) is 0 Å². The SMILES string of the molecule is CCCC(=O)C(CC)C(CCC)CC1CC(=O)c2c(C)c(C)cc(C(C)C)c2C1. The molecule has 0 aromatic heterocycles. The van der Waals surface area contributed by atoms with Crippen LogP contribution in [-0.2, 0) is 11.2 Å². The highest BCUT2D eigenvalue weighted by Gasteiger charge is 2.34. The molecular formula is C27H42O2. The van der Waals surface area contributed by atoms with Gasteiger partial charge in [-0.15, -0.1) is 0 Å². The minimum atomic E-state index is 0.163.